The molecule has 100 valence electrons. The molecule has 19 heavy (non-hydrogen) atoms. The van der Waals surface area contributed by atoms with Crippen LogP contribution in [-0.4, -0.2) is 15.7 Å². The Hall–Kier alpha value is -2.17. The third-order valence-corrected chi connectivity index (χ3v) is 2.79. The highest BCUT2D eigenvalue weighted by Crippen LogP contribution is 2.15. The summed E-state index contributed by atoms with van der Waals surface area (Å²) in [7, 11) is 0. The first-order valence-electron chi connectivity index (χ1n) is 6.09. The number of anilines is 1. The lowest BCUT2D eigenvalue weighted by Gasteiger charge is -2.08. The molecule has 4 nitrogen and oxygen atoms in total. The first-order chi connectivity index (χ1) is 9.04. The van der Waals surface area contributed by atoms with Gasteiger partial charge in [0.15, 0.2) is 0 Å². The molecule has 2 aromatic rings. The van der Waals surface area contributed by atoms with Crippen molar-refractivity contribution in [1.82, 2.24) is 9.78 Å². The molecule has 0 saturated carbocycles. The van der Waals surface area contributed by atoms with Gasteiger partial charge in [0.25, 0.3) is 0 Å². The monoisotopic (exact) mass is 261 g/mol. The van der Waals surface area contributed by atoms with Gasteiger partial charge in [0, 0.05) is 24.8 Å². The van der Waals surface area contributed by atoms with E-state index in [0.717, 1.165) is 5.56 Å². The van der Waals surface area contributed by atoms with Crippen molar-refractivity contribution >= 4 is 11.6 Å². The van der Waals surface area contributed by atoms with Gasteiger partial charge in [-0.25, -0.2) is 4.39 Å². The van der Waals surface area contributed by atoms with Crippen LogP contribution in [0, 0.1) is 19.7 Å². The minimum absolute atomic E-state index is 0.108. The quantitative estimate of drug-likeness (QED) is 0.919. The van der Waals surface area contributed by atoms with Crippen LogP contribution in [0.5, 0.6) is 0 Å². The van der Waals surface area contributed by atoms with Crippen LogP contribution in [-0.2, 0) is 11.3 Å². The van der Waals surface area contributed by atoms with Gasteiger partial charge >= 0.3 is 0 Å². The lowest BCUT2D eigenvalue weighted by Crippen LogP contribution is -2.15. The van der Waals surface area contributed by atoms with Crippen molar-refractivity contribution in [2.75, 3.05) is 5.32 Å². The molecule has 1 N–H and O–H groups in total. The second-order valence-corrected chi connectivity index (χ2v) is 4.54. The molecule has 5 heteroatoms. The molecule has 0 aliphatic rings. The van der Waals surface area contributed by atoms with Crippen molar-refractivity contribution in [3.8, 4) is 0 Å². The Morgan fingerprint density at radius 1 is 1.42 bits per heavy atom. The van der Waals surface area contributed by atoms with Crippen LogP contribution in [0.2, 0.25) is 0 Å². The van der Waals surface area contributed by atoms with Gasteiger partial charge in [-0.05, 0) is 43.2 Å². The van der Waals surface area contributed by atoms with Gasteiger partial charge in [0.05, 0.1) is 6.20 Å². The van der Waals surface area contributed by atoms with E-state index >= 15 is 0 Å². The minimum Gasteiger partial charge on any atom is -0.326 e. The molecule has 1 aromatic carbocycles. The Morgan fingerprint density at radius 3 is 2.84 bits per heavy atom. The van der Waals surface area contributed by atoms with Crippen LogP contribution in [0.1, 0.15) is 17.5 Å². The van der Waals surface area contributed by atoms with Gasteiger partial charge in [0.2, 0.25) is 5.91 Å². The van der Waals surface area contributed by atoms with Gasteiger partial charge in [-0.2, -0.15) is 5.10 Å². The van der Waals surface area contributed by atoms with E-state index in [2.05, 4.69) is 10.4 Å². The maximum absolute atomic E-state index is 12.9. The highest BCUT2D eigenvalue weighted by atomic mass is 19.1. The number of hydrogen-bond donors (Lipinski definition) is 1. The van der Waals surface area contributed by atoms with Crippen LogP contribution in [0.3, 0.4) is 0 Å². The van der Waals surface area contributed by atoms with Crippen molar-refractivity contribution in [3.05, 3.63) is 47.5 Å². The van der Waals surface area contributed by atoms with E-state index in [0.29, 0.717) is 24.2 Å². The number of benzene rings is 1. The van der Waals surface area contributed by atoms with Crippen molar-refractivity contribution in [1.29, 1.82) is 0 Å². The SMILES string of the molecule is Cc1cnn(CCC(=O)Nc2ccc(F)cc2C)c1. The van der Waals surface area contributed by atoms with Crippen LogP contribution >= 0.6 is 0 Å². The van der Waals surface area contributed by atoms with E-state index < -0.39 is 0 Å². The van der Waals surface area contributed by atoms with Gasteiger partial charge in [-0.1, -0.05) is 0 Å². The van der Waals surface area contributed by atoms with Gasteiger partial charge in [-0.3, -0.25) is 9.48 Å². The van der Waals surface area contributed by atoms with E-state index in [9.17, 15) is 9.18 Å². The summed E-state index contributed by atoms with van der Waals surface area (Å²) >= 11 is 0. The smallest absolute Gasteiger partial charge is 0.226 e. The molecule has 1 heterocycles. The number of nitrogens with zero attached hydrogens (tertiary/aromatic N) is 2. The van der Waals surface area contributed by atoms with E-state index in [1.807, 2.05) is 13.1 Å². The van der Waals surface area contributed by atoms with E-state index in [1.165, 1.54) is 12.1 Å². The van der Waals surface area contributed by atoms with E-state index in [4.69, 9.17) is 0 Å². The standard InChI is InChI=1S/C14H16FN3O/c1-10-8-16-18(9-10)6-5-14(19)17-13-4-3-12(15)7-11(13)2/h3-4,7-9H,5-6H2,1-2H3,(H,17,19). The predicted octanol–water partition coefficient (Wildman–Crippen LogP) is 2.67. The normalized spacial score (nSPS) is 10.5. The highest BCUT2D eigenvalue weighted by molar-refractivity contribution is 5.91. The van der Waals surface area contributed by atoms with Crippen molar-refractivity contribution in [2.24, 2.45) is 0 Å². The fraction of sp³-hybridized carbons (Fsp3) is 0.286. The summed E-state index contributed by atoms with van der Waals surface area (Å²) in [5, 5.41) is 6.88. The molecule has 0 aliphatic heterocycles. The third-order valence-electron chi connectivity index (χ3n) is 2.79. The third kappa shape index (κ3) is 3.64. The van der Waals surface area contributed by atoms with Crippen molar-refractivity contribution in [3.63, 3.8) is 0 Å². The summed E-state index contributed by atoms with van der Waals surface area (Å²) in [4.78, 5) is 11.8. The maximum Gasteiger partial charge on any atom is 0.226 e. The molecular weight excluding hydrogens is 245 g/mol. The minimum atomic E-state index is -0.303. The fourth-order valence-corrected chi connectivity index (χ4v) is 1.79. The zero-order valence-electron chi connectivity index (χ0n) is 11.0. The summed E-state index contributed by atoms with van der Waals surface area (Å²) in [5.74, 6) is -0.412. The van der Waals surface area contributed by atoms with Crippen molar-refractivity contribution in [2.45, 2.75) is 26.8 Å². The first kappa shape index (κ1) is 13.3. The van der Waals surface area contributed by atoms with Crippen LogP contribution in [0.4, 0.5) is 10.1 Å². The number of aromatic nitrogens is 2. The second-order valence-electron chi connectivity index (χ2n) is 4.54. The van der Waals surface area contributed by atoms with Crippen molar-refractivity contribution < 1.29 is 9.18 Å². The zero-order chi connectivity index (χ0) is 13.8. The number of halogens is 1. The summed E-state index contributed by atoms with van der Waals surface area (Å²) in [6.45, 7) is 4.24. The molecule has 0 atom stereocenters. The number of rotatable bonds is 4. The molecule has 0 bridgehead atoms. The summed E-state index contributed by atoms with van der Waals surface area (Å²) in [6.07, 6.45) is 3.97. The summed E-state index contributed by atoms with van der Waals surface area (Å²) in [6, 6.07) is 4.30. The zero-order valence-corrected chi connectivity index (χ0v) is 11.0. The number of hydrogen-bond acceptors (Lipinski definition) is 2. The molecule has 0 radical (unpaired) electrons. The Bertz CT molecular complexity index is 592. The molecule has 0 aliphatic carbocycles. The summed E-state index contributed by atoms with van der Waals surface area (Å²) in [5.41, 5.74) is 2.42. The molecule has 1 amide bonds. The lowest BCUT2D eigenvalue weighted by atomic mass is 10.2. The average molecular weight is 261 g/mol. The Kier molecular flexibility index (Phi) is 3.94. The Labute approximate surface area is 111 Å². The first-order valence-corrected chi connectivity index (χ1v) is 6.09. The number of carbonyl (C=O) groups is 1. The Balaban J connectivity index is 1.90. The summed E-state index contributed by atoms with van der Waals surface area (Å²) < 4.78 is 14.7. The average Bonchev–Trinajstić information content (AvgIpc) is 2.76. The molecule has 2 rings (SSSR count). The second kappa shape index (κ2) is 5.65. The number of carbonyl (C=O) groups excluding carboxylic acids is 1. The van der Waals surface area contributed by atoms with Crippen LogP contribution in [0.15, 0.2) is 30.6 Å². The van der Waals surface area contributed by atoms with E-state index in [1.54, 1.807) is 23.9 Å². The maximum atomic E-state index is 12.9. The molecule has 0 spiro atoms. The molecular formula is C14H16FN3O. The number of nitrogens with one attached hydrogen (secondary N) is 1. The molecule has 1 aromatic heterocycles. The highest BCUT2D eigenvalue weighted by Gasteiger charge is 2.06. The van der Waals surface area contributed by atoms with Gasteiger partial charge in [-0.15, -0.1) is 0 Å². The van der Waals surface area contributed by atoms with Gasteiger partial charge in [0.1, 0.15) is 5.82 Å². The lowest BCUT2D eigenvalue weighted by molar-refractivity contribution is -0.116. The molecule has 0 fully saturated rings. The van der Waals surface area contributed by atoms with Gasteiger partial charge < -0.3 is 5.32 Å². The molecule has 0 unspecified atom stereocenters. The predicted molar refractivity (Wildman–Crippen MR) is 71.3 cm³/mol. The molecule has 0 saturated heterocycles. The van der Waals surface area contributed by atoms with Crippen LogP contribution in [0.25, 0.3) is 0 Å². The van der Waals surface area contributed by atoms with Crippen LogP contribution < -0.4 is 5.32 Å². The topological polar surface area (TPSA) is 46.9 Å². The Morgan fingerprint density at radius 2 is 2.21 bits per heavy atom. The number of aryl methyl sites for hydroxylation is 3. The van der Waals surface area contributed by atoms with E-state index in [-0.39, 0.29) is 11.7 Å². The fourth-order valence-electron chi connectivity index (χ4n) is 1.79. The number of amides is 1. The largest absolute Gasteiger partial charge is 0.326 e.